The minimum Gasteiger partial charge on any atom is -0.461 e. The van der Waals surface area contributed by atoms with E-state index in [1.807, 2.05) is 6.92 Å². The first-order valence-corrected chi connectivity index (χ1v) is 4.95. The Hall–Kier alpha value is -1.32. The quantitative estimate of drug-likeness (QED) is 0.517. The first kappa shape index (κ1) is 13.7. The third-order valence-electron chi connectivity index (χ3n) is 1.74. The van der Waals surface area contributed by atoms with Gasteiger partial charge in [0.2, 0.25) is 0 Å². The van der Waals surface area contributed by atoms with Crippen molar-refractivity contribution in [1.29, 1.82) is 0 Å². The molecule has 0 N–H and O–H groups in total. The van der Waals surface area contributed by atoms with Gasteiger partial charge in [-0.15, -0.1) is 0 Å². The number of hydrogen-bond acceptors (Lipinski definition) is 4. The molecule has 4 nitrogen and oxygen atoms in total. The lowest BCUT2D eigenvalue weighted by atomic mass is 10.1. The van der Waals surface area contributed by atoms with E-state index in [0.717, 1.165) is 12.0 Å². The molecule has 0 fully saturated rings. The van der Waals surface area contributed by atoms with Gasteiger partial charge in [-0.1, -0.05) is 6.92 Å². The summed E-state index contributed by atoms with van der Waals surface area (Å²) in [4.78, 5) is 21.2. The van der Waals surface area contributed by atoms with Crippen LogP contribution in [-0.2, 0) is 19.1 Å². The highest BCUT2D eigenvalue weighted by atomic mass is 16.5. The predicted molar refractivity (Wildman–Crippen MR) is 56.2 cm³/mol. The van der Waals surface area contributed by atoms with E-state index in [1.165, 1.54) is 13.8 Å². The van der Waals surface area contributed by atoms with E-state index in [0.29, 0.717) is 0 Å². The molecule has 1 unspecified atom stereocenters. The largest absolute Gasteiger partial charge is 0.461 e. The zero-order valence-corrected chi connectivity index (χ0v) is 9.70. The summed E-state index contributed by atoms with van der Waals surface area (Å²) in [6.07, 6.45) is 2.27. The van der Waals surface area contributed by atoms with Gasteiger partial charge in [0.15, 0.2) is 0 Å². The van der Waals surface area contributed by atoms with Crippen molar-refractivity contribution in [1.82, 2.24) is 0 Å². The topological polar surface area (TPSA) is 52.6 Å². The minimum absolute atomic E-state index is 0.261. The van der Waals surface area contributed by atoms with Crippen LogP contribution < -0.4 is 0 Å². The van der Waals surface area contributed by atoms with Crippen molar-refractivity contribution in [3.63, 3.8) is 0 Å². The van der Waals surface area contributed by atoms with E-state index in [-0.39, 0.29) is 24.6 Å². The summed E-state index contributed by atoms with van der Waals surface area (Å²) in [5.41, 5.74) is 0.943. The molecule has 0 heterocycles. The summed E-state index contributed by atoms with van der Waals surface area (Å²) in [7, 11) is 0. The number of ether oxygens (including phenoxy) is 2. The standard InChI is InChI=1S/C11H18O4/c1-5-11(7-14-9(3)12)6-8(2)15-10(4)13/h6,8H,5,7H2,1-4H3/b11-6+. The van der Waals surface area contributed by atoms with Gasteiger partial charge in [0.05, 0.1) is 0 Å². The number of rotatable bonds is 5. The van der Waals surface area contributed by atoms with E-state index in [4.69, 9.17) is 9.47 Å². The zero-order chi connectivity index (χ0) is 11.8. The third kappa shape index (κ3) is 7.73. The molecule has 0 aliphatic carbocycles. The van der Waals surface area contributed by atoms with Crippen LogP contribution >= 0.6 is 0 Å². The van der Waals surface area contributed by atoms with Crippen LogP contribution in [0.3, 0.4) is 0 Å². The van der Waals surface area contributed by atoms with E-state index >= 15 is 0 Å². The average Bonchev–Trinajstić information content (AvgIpc) is 2.10. The van der Waals surface area contributed by atoms with Crippen LogP contribution in [0, 0.1) is 0 Å². The van der Waals surface area contributed by atoms with Crippen LogP contribution in [0.2, 0.25) is 0 Å². The predicted octanol–water partition coefficient (Wildman–Crippen LogP) is 1.84. The number of carbonyl (C=O) groups is 2. The molecule has 0 saturated heterocycles. The highest BCUT2D eigenvalue weighted by Gasteiger charge is 2.04. The van der Waals surface area contributed by atoms with Crippen molar-refractivity contribution in [3.8, 4) is 0 Å². The van der Waals surface area contributed by atoms with Gasteiger partial charge in [0, 0.05) is 13.8 Å². The van der Waals surface area contributed by atoms with Gasteiger partial charge in [-0.3, -0.25) is 9.59 Å². The third-order valence-corrected chi connectivity index (χ3v) is 1.74. The molecule has 0 aromatic rings. The van der Waals surface area contributed by atoms with E-state index < -0.39 is 0 Å². The molecule has 0 radical (unpaired) electrons. The van der Waals surface area contributed by atoms with E-state index in [9.17, 15) is 9.59 Å². The zero-order valence-electron chi connectivity index (χ0n) is 9.70. The van der Waals surface area contributed by atoms with Crippen LogP contribution in [-0.4, -0.2) is 24.6 Å². The van der Waals surface area contributed by atoms with Crippen molar-refractivity contribution in [2.75, 3.05) is 6.61 Å². The monoisotopic (exact) mass is 214 g/mol. The lowest BCUT2D eigenvalue weighted by molar-refractivity contribution is -0.144. The van der Waals surface area contributed by atoms with Crippen molar-refractivity contribution in [2.45, 2.75) is 40.2 Å². The fourth-order valence-electron chi connectivity index (χ4n) is 1.09. The molecule has 0 spiro atoms. The van der Waals surface area contributed by atoms with Gasteiger partial charge in [-0.25, -0.2) is 0 Å². The summed E-state index contributed by atoms with van der Waals surface area (Å²) >= 11 is 0. The van der Waals surface area contributed by atoms with Crippen LogP contribution in [0.15, 0.2) is 11.6 Å². The Morgan fingerprint density at radius 1 is 1.27 bits per heavy atom. The van der Waals surface area contributed by atoms with Crippen molar-refractivity contribution < 1.29 is 19.1 Å². The molecule has 0 saturated carbocycles. The van der Waals surface area contributed by atoms with Gasteiger partial charge < -0.3 is 9.47 Å². The van der Waals surface area contributed by atoms with Gasteiger partial charge in [0.1, 0.15) is 12.7 Å². The highest BCUT2D eigenvalue weighted by Crippen LogP contribution is 2.06. The van der Waals surface area contributed by atoms with Crippen molar-refractivity contribution in [2.24, 2.45) is 0 Å². The second-order valence-electron chi connectivity index (χ2n) is 3.27. The Labute approximate surface area is 90.2 Å². The summed E-state index contributed by atoms with van der Waals surface area (Å²) in [6.45, 7) is 6.71. The number of esters is 2. The molecule has 86 valence electrons. The lowest BCUT2D eigenvalue weighted by Gasteiger charge is -2.10. The Kier molecular flexibility index (Phi) is 6.42. The normalized spacial score (nSPS) is 13.2. The fourth-order valence-corrected chi connectivity index (χ4v) is 1.09. The van der Waals surface area contributed by atoms with E-state index in [1.54, 1.807) is 13.0 Å². The summed E-state index contributed by atoms with van der Waals surface area (Å²) in [6, 6.07) is 0. The Morgan fingerprint density at radius 3 is 2.27 bits per heavy atom. The number of carbonyl (C=O) groups excluding carboxylic acids is 2. The van der Waals surface area contributed by atoms with Gasteiger partial charge in [0.25, 0.3) is 0 Å². The van der Waals surface area contributed by atoms with Crippen LogP contribution in [0.25, 0.3) is 0 Å². The molecule has 0 rings (SSSR count). The summed E-state index contributed by atoms with van der Waals surface area (Å²) in [5.74, 6) is -0.629. The molecule has 0 aliphatic rings. The first-order valence-electron chi connectivity index (χ1n) is 4.95. The van der Waals surface area contributed by atoms with Crippen LogP contribution in [0.4, 0.5) is 0 Å². The summed E-state index contributed by atoms with van der Waals surface area (Å²) < 4.78 is 9.79. The second-order valence-corrected chi connectivity index (χ2v) is 3.27. The molecular formula is C11H18O4. The Morgan fingerprint density at radius 2 is 1.87 bits per heavy atom. The molecule has 0 aromatic carbocycles. The smallest absolute Gasteiger partial charge is 0.303 e. The lowest BCUT2D eigenvalue weighted by Crippen LogP contribution is -2.11. The van der Waals surface area contributed by atoms with Crippen molar-refractivity contribution >= 4 is 11.9 Å². The molecule has 0 aromatic heterocycles. The second kappa shape index (κ2) is 7.04. The van der Waals surface area contributed by atoms with Crippen LogP contribution in [0.5, 0.6) is 0 Å². The molecule has 0 bridgehead atoms. The first-order chi connectivity index (χ1) is 6.95. The Bertz CT molecular complexity index is 255. The molecule has 4 heteroatoms. The highest BCUT2D eigenvalue weighted by molar-refractivity contribution is 5.66. The Balaban J connectivity index is 4.18. The van der Waals surface area contributed by atoms with Gasteiger partial charge >= 0.3 is 11.9 Å². The van der Waals surface area contributed by atoms with Gasteiger partial charge in [-0.2, -0.15) is 0 Å². The molecule has 0 amide bonds. The summed E-state index contributed by atoms with van der Waals surface area (Å²) in [5, 5.41) is 0. The number of hydrogen-bond donors (Lipinski definition) is 0. The van der Waals surface area contributed by atoms with E-state index in [2.05, 4.69) is 0 Å². The molecule has 1 atom stereocenters. The fraction of sp³-hybridized carbons (Fsp3) is 0.636. The molecule has 15 heavy (non-hydrogen) atoms. The van der Waals surface area contributed by atoms with Crippen molar-refractivity contribution in [3.05, 3.63) is 11.6 Å². The maximum Gasteiger partial charge on any atom is 0.303 e. The average molecular weight is 214 g/mol. The molecular weight excluding hydrogens is 196 g/mol. The maximum absolute atomic E-state index is 10.7. The molecule has 0 aliphatic heterocycles. The van der Waals surface area contributed by atoms with Crippen LogP contribution in [0.1, 0.15) is 34.1 Å². The van der Waals surface area contributed by atoms with Gasteiger partial charge in [-0.05, 0) is 25.0 Å². The maximum atomic E-state index is 10.7. The minimum atomic E-state index is -0.318. The SMILES string of the molecule is CC/C(=C\C(C)OC(C)=O)COC(C)=O.